The van der Waals surface area contributed by atoms with Crippen molar-refractivity contribution < 1.29 is 14.5 Å². The molecule has 1 unspecified atom stereocenters. The van der Waals surface area contributed by atoms with Crippen LogP contribution in [0.4, 0.5) is 5.69 Å². The molecule has 0 saturated heterocycles. The van der Waals surface area contributed by atoms with Gasteiger partial charge < -0.3 is 10.2 Å². The van der Waals surface area contributed by atoms with Crippen LogP contribution in [-0.2, 0) is 21.9 Å². The highest BCUT2D eigenvalue weighted by Gasteiger charge is 2.28. The van der Waals surface area contributed by atoms with Gasteiger partial charge in [-0.15, -0.1) is 11.8 Å². The van der Waals surface area contributed by atoms with Crippen LogP contribution in [0.15, 0.2) is 54.6 Å². The third-order valence-corrected chi connectivity index (χ3v) is 6.04. The molecule has 0 spiro atoms. The molecule has 0 aliphatic rings. The summed E-state index contributed by atoms with van der Waals surface area (Å²) in [6.07, 6.45) is 2.42. The van der Waals surface area contributed by atoms with Crippen LogP contribution in [0.3, 0.4) is 0 Å². The van der Waals surface area contributed by atoms with Gasteiger partial charge in [-0.2, -0.15) is 0 Å². The standard InChI is InChI=1S/C24H31N3O4S/c1-3-5-15-25-24(29)22(4-2)26(16-19-9-7-6-8-10-19)23(28)18-32-17-20-11-13-21(14-12-20)27(30)31/h6-14,22H,3-5,15-18H2,1-2H3,(H,25,29). The fourth-order valence-electron chi connectivity index (χ4n) is 3.26. The lowest BCUT2D eigenvalue weighted by Gasteiger charge is -2.30. The van der Waals surface area contributed by atoms with E-state index in [0.29, 0.717) is 25.3 Å². The number of carbonyl (C=O) groups is 2. The van der Waals surface area contributed by atoms with E-state index in [1.807, 2.05) is 37.3 Å². The maximum atomic E-state index is 13.2. The van der Waals surface area contributed by atoms with Crippen molar-refractivity contribution >= 4 is 29.3 Å². The fourth-order valence-corrected chi connectivity index (χ4v) is 4.13. The Morgan fingerprint density at radius 3 is 2.34 bits per heavy atom. The fraction of sp³-hybridized carbons (Fsp3) is 0.417. The second-order valence-electron chi connectivity index (χ2n) is 7.49. The molecule has 0 aliphatic heterocycles. The van der Waals surface area contributed by atoms with E-state index in [9.17, 15) is 19.7 Å². The summed E-state index contributed by atoms with van der Waals surface area (Å²) in [5.74, 6) is 0.564. The van der Waals surface area contributed by atoms with Crippen molar-refractivity contribution in [3.63, 3.8) is 0 Å². The molecule has 0 fully saturated rings. The first-order valence-corrected chi connectivity index (χ1v) is 12.0. The summed E-state index contributed by atoms with van der Waals surface area (Å²) in [5.41, 5.74) is 1.93. The minimum Gasteiger partial charge on any atom is -0.354 e. The van der Waals surface area contributed by atoms with Crippen LogP contribution in [0.25, 0.3) is 0 Å². The maximum Gasteiger partial charge on any atom is 0.269 e. The van der Waals surface area contributed by atoms with Crippen LogP contribution < -0.4 is 5.32 Å². The number of rotatable bonds is 13. The van der Waals surface area contributed by atoms with Crippen LogP contribution in [0.1, 0.15) is 44.2 Å². The van der Waals surface area contributed by atoms with E-state index in [2.05, 4.69) is 12.2 Å². The van der Waals surface area contributed by atoms with Crippen LogP contribution in [0, 0.1) is 10.1 Å². The van der Waals surface area contributed by atoms with Crippen LogP contribution in [0.2, 0.25) is 0 Å². The van der Waals surface area contributed by atoms with E-state index in [4.69, 9.17) is 0 Å². The number of unbranched alkanes of at least 4 members (excludes halogenated alkanes) is 1. The summed E-state index contributed by atoms with van der Waals surface area (Å²) in [6, 6.07) is 15.5. The molecule has 0 aromatic heterocycles. The first-order valence-electron chi connectivity index (χ1n) is 10.9. The molecule has 2 aromatic carbocycles. The Balaban J connectivity index is 2.05. The van der Waals surface area contributed by atoms with E-state index in [0.717, 1.165) is 24.0 Å². The molecule has 32 heavy (non-hydrogen) atoms. The van der Waals surface area contributed by atoms with Crippen molar-refractivity contribution in [3.05, 3.63) is 75.8 Å². The van der Waals surface area contributed by atoms with Gasteiger partial charge in [-0.05, 0) is 24.0 Å². The van der Waals surface area contributed by atoms with E-state index in [1.165, 1.54) is 23.9 Å². The third-order valence-electron chi connectivity index (χ3n) is 5.05. The summed E-state index contributed by atoms with van der Waals surface area (Å²) in [7, 11) is 0. The average Bonchev–Trinajstić information content (AvgIpc) is 2.80. The van der Waals surface area contributed by atoms with Gasteiger partial charge in [0.15, 0.2) is 0 Å². The van der Waals surface area contributed by atoms with Gasteiger partial charge in [0.1, 0.15) is 6.04 Å². The van der Waals surface area contributed by atoms with Crippen molar-refractivity contribution in [3.8, 4) is 0 Å². The van der Waals surface area contributed by atoms with E-state index >= 15 is 0 Å². The Morgan fingerprint density at radius 2 is 1.75 bits per heavy atom. The van der Waals surface area contributed by atoms with Crippen LogP contribution >= 0.6 is 11.8 Å². The number of nitrogens with zero attached hydrogens (tertiary/aromatic N) is 2. The quantitative estimate of drug-likeness (QED) is 0.271. The first kappa shape index (κ1) is 25.4. The molecular weight excluding hydrogens is 426 g/mol. The first-order chi connectivity index (χ1) is 15.5. The molecule has 2 rings (SSSR count). The minimum atomic E-state index is -0.528. The number of nitro groups is 1. The van der Waals surface area contributed by atoms with Crippen molar-refractivity contribution in [2.75, 3.05) is 12.3 Å². The van der Waals surface area contributed by atoms with Gasteiger partial charge in [0, 0.05) is 31.0 Å². The molecule has 0 aliphatic carbocycles. The van der Waals surface area contributed by atoms with Crippen molar-refractivity contribution in [2.45, 2.75) is 51.4 Å². The van der Waals surface area contributed by atoms with Gasteiger partial charge in [-0.3, -0.25) is 19.7 Å². The number of nitro benzene ring substituents is 1. The highest BCUT2D eigenvalue weighted by molar-refractivity contribution is 7.99. The topological polar surface area (TPSA) is 92.6 Å². The van der Waals surface area contributed by atoms with Gasteiger partial charge in [-0.25, -0.2) is 0 Å². The SMILES string of the molecule is CCCCNC(=O)C(CC)N(Cc1ccccc1)C(=O)CSCc1ccc([N+](=O)[O-])cc1. The predicted octanol–water partition coefficient (Wildman–Crippen LogP) is 4.55. The number of hydrogen-bond donors (Lipinski definition) is 1. The van der Waals surface area contributed by atoms with Gasteiger partial charge >= 0.3 is 0 Å². The molecular formula is C24H31N3O4S. The number of amides is 2. The smallest absolute Gasteiger partial charge is 0.269 e. The van der Waals surface area contributed by atoms with Crippen molar-refractivity contribution in [1.82, 2.24) is 10.2 Å². The van der Waals surface area contributed by atoms with Gasteiger partial charge in [0.25, 0.3) is 5.69 Å². The van der Waals surface area contributed by atoms with Crippen molar-refractivity contribution in [2.24, 2.45) is 0 Å². The summed E-state index contributed by atoms with van der Waals surface area (Å²) in [6.45, 7) is 4.96. The van der Waals surface area contributed by atoms with Crippen LogP contribution in [0.5, 0.6) is 0 Å². The summed E-state index contributed by atoms with van der Waals surface area (Å²) in [5, 5.41) is 13.7. The largest absolute Gasteiger partial charge is 0.354 e. The molecule has 8 heteroatoms. The number of benzene rings is 2. The molecule has 0 radical (unpaired) electrons. The number of non-ortho nitro benzene ring substituents is 1. The Bertz CT molecular complexity index is 875. The normalized spacial score (nSPS) is 11.6. The van der Waals surface area contributed by atoms with E-state index in [-0.39, 0.29) is 23.3 Å². The minimum absolute atomic E-state index is 0.0451. The predicted molar refractivity (Wildman–Crippen MR) is 128 cm³/mol. The molecule has 2 aromatic rings. The number of nitrogens with one attached hydrogen (secondary N) is 1. The number of carbonyl (C=O) groups excluding carboxylic acids is 2. The lowest BCUT2D eigenvalue weighted by molar-refractivity contribution is -0.384. The summed E-state index contributed by atoms with van der Waals surface area (Å²) >= 11 is 1.44. The molecule has 1 atom stereocenters. The van der Waals surface area contributed by atoms with Crippen molar-refractivity contribution in [1.29, 1.82) is 0 Å². The highest BCUT2D eigenvalue weighted by Crippen LogP contribution is 2.19. The maximum absolute atomic E-state index is 13.2. The third kappa shape index (κ3) is 8.00. The Kier molecular flexibility index (Phi) is 10.7. The lowest BCUT2D eigenvalue weighted by atomic mass is 10.1. The molecule has 0 heterocycles. The zero-order valence-corrected chi connectivity index (χ0v) is 19.5. The molecule has 1 N–H and O–H groups in total. The van der Waals surface area contributed by atoms with Gasteiger partial charge in [0.2, 0.25) is 11.8 Å². The lowest BCUT2D eigenvalue weighted by Crippen LogP contribution is -2.49. The molecule has 0 saturated carbocycles. The zero-order chi connectivity index (χ0) is 23.3. The molecule has 172 valence electrons. The van der Waals surface area contributed by atoms with E-state index in [1.54, 1.807) is 17.0 Å². The molecule has 7 nitrogen and oxygen atoms in total. The second-order valence-corrected chi connectivity index (χ2v) is 8.48. The van der Waals surface area contributed by atoms with Crippen LogP contribution in [-0.4, -0.2) is 40.0 Å². The highest BCUT2D eigenvalue weighted by atomic mass is 32.2. The second kappa shape index (κ2) is 13.5. The monoisotopic (exact) mass is 457 g/mol. The van der Waals surface area contributed by atoms with Gasteiger partial charge in [0.05, 0.1) is 10.7 Å². The summed E-state index contributed by atoms with van der Waals surface area (Å²) in [4.78, 5) is 38.0. The molecule has 0 bridgehead atoms. The number of hydrogen-bond acceptors (Lipinski definition) is 5. The van der Waals surface area contributed by atoms with Gasteiger partial charge in [-0.1, -0.05) is 62.7 Å². The Labute approximate surface area is 193 Å². The Morgan fingerprint density at radius 1 is 1.06 bits per heavy atom. The average molecular weight is 458 g/mol. The molecule has 2 amide bonds. The summed E-state index contributed by atoms with van der Waals surface area (Å²) < 4.78 is 0. The Hall–Kier alpha value is -2.87. The number of thioether (sulfide) groups is 1. The zero-order valence-electron chi connectivity index (χ0n) is 18.7. The van der Waals surface area contributed by atoms with E-state index < -0.39 is 11.0 Å².